The number of benzene rings is 1. The predicted octanol–water partition coefficient (Wildman–Crippen LogP) is 1.89. The molecule has 0 aliphatic carbocycles. The van der Waals surface area contributed by atoms with Gasteiger partial charge in [0.2, 0.25) is 10.0 Å². The van der Waals surface area contributed by atoms with Gasteiger partial charge < -0.3 is 5.73 Å². The predicted molar refractivity (Wildman–Crippen MR) is 74.1 cm³/mol. The van der Waals surface area contributed by atoms with Crippen molar-refractivity contribution in [1.29, 1.82) is 0 Å². The van der Waals surface area contributed by atoms with Gasteiger partial charge in [-0.2, -0.15) is 4.31 Å². The highest BCUT2D eigenvalue weighted by molar-refractivity contribution is 7.89. The number of sulfonamides is 1. The number of piperidine rings is 1. The fraction of sp³-hybridized carbons (Fsp3) is 0.500. The number of nitrogens with zero attached hydrogens (tertiary/aromatic N) is 1. The van der Waals surface area contributed by atoms with Gasteiger partial charge in [-0.1, -0.05) is 0 Å². The highest BCUT2D eigenvalue weighted by Crippen LogP contribution is 2.26. The molecular weight excluding hydrogens is 329 g/mol. The standard InChI is InChI=1S/C12H15F3N2O2S.ClH/c13-9-1-2-10(12(15)11(9)14)20(18,19)17-5-3-8(7-16)4-6-17;/h1-2,8H,3-7,16H2;1H. The van der Waals surface area contributed by atoms with Crippen LogP contribution in [0.3, 0.4) is 0 Å². The van der Waals surface area contributed by atoms with Crippen LogP contribution in [0.25, 0.3) is 0 Å². The molecule has 0 radical (unpaired) electrons. The Morgan fingerprint density at radius 3 is 2.24 bits per heavy atom. The van der Waals surface area contributed by atoms with Gasteiger partial charge in [0.25, 0.3) is 0 Å². The molecule has 1 aromatic carbocycles. The highest BCUT2D eigenvalue weighted by Gasteiger charge is 2.32. The monoisotopic (exact) mass is 344 g/mol. The molecule has 0 aromatic heterocycles. The Kier molecular flexibility index (Phi) is 6.03. The molecule has 0 bridgehead atoms. The van der Waals surface area contributed by atoms with Gasteiger partial charge in [-0.25, -0.2) is 21.6 Å². The van der Waals surface area contributed by atoms with Gasteiger partial charge >= 0.3 is 0 Å². The van der Waals surface area contributed by atoms with E-state index >= 15 is 0 Å². The Hall–Kier alpha value is -0.830. The second kappa shape index (κ2) is 6.95. The van der Waals surface area contributed by atoms with Crippen molar-refractivity contribution in [3.63, 3.8) is 0 Å². The average Bonchev–Trinajstić information content (AvgIpc) is 2.44. The summed E-state index contributed by atoms with van der Waals surface area (Å²) in [5, 5.41) is 0. The largest absolute Gasteiger partial charge is 0.330 e. The van der Waals surface area contributed by atoms with E-state index in [1.165, 1.54) is 0 Å². The fourth-order valence-electron chi connectivity index (χ4n) is 2.23. The molecule has 1 aliphatic heterocycles. The van der Waals surface area contributed by atoms with E-state index in [1.54, 1.807) is 0 Å². The lowest BCUT2D eigenvalue weighted by atomic mass is 9.99. The first-order chi connectivity index (χ1) is 9.37. The number of hydrogen-bond acceptors (Lipinski definition) is 3. The molecule has 9 heteroatoms. The van der Waals surface area contributed by atoms with Crippen LogP contribution in [0.15, 0.2) is 17.0 Å². The van der Waals surface area contributed by atoms with Crippen LogP contribution in [-0.4, -0.2) is 32.4 Å². The molecule has 1 saturated heterocycles. The summed E-state index contributed by atoms with van der Waals surface area (Å²) in [5.74, 6) is -4.63. The molecule has 0 saturated carbocycles. The molecule has 0 spiro atoms. The van der Waals surface area contributed by atoms with Crippen LogP contribution in [0.2, 0.25) is 0 Å². The Morgan fingerprint density at radius 2 is 1.71 bits per heavy atom. The highest BCUT2D eigenvalue weighted by atomic mass is 35.5. The van der Waals surface area contributed by atoms with E-state index in [-0.39, 0.29) is 31.4 Å². The Morgan fingerprint density at radius 1 is 1.14 bits per heavy atom. The molecule has 2 N–H and O–H groups in total. The van der Waals surface area contributed by atoms with Gasteiger partial charge in [-0.05, 0) is 37.4 Å². The third-order valence-corrected chi connectivity index (χ3v) is 5.44. The van der Waals surface area contributed by atoms with Crippen LogP contribution < -0.4 is 5.73 Å². The smallest absolute Gasteiger partial charge is 0.246 e. The minimum absolute atomic E-state index is 0. The second-order valence-electron chi connectivity index (χ2n) is 4.76. The number of hydrogen-bond donors (Lipinski definition) is 1. The summed E-state index contributed by atoms with van der Waals surface area (Å²) in [7, 11) is -4.15. The summed E-state index contributed by atoms with van der Waals surface area (Å²) < 4.78 is 65.2. The van der Waals surface area contributed by atoms with Gasteiger partial charge in [-0.3, -0.25) is 0 Å². The molecule has 1 heterocycles. The van der Waals surface area contributed by atoms with Gasteiger partial charge in [0, 0.05) is 13.1 Å². The summed E-state index contributed by atoms with van der Waals surface area (Å²) in [5.41, 5.74) is 5.51. The number of nitrogens with two attached hydrogens (primary N) is 1. The van der Waals surface area contributed by atoms with Gasteiger partial charge in [0.1, 0.15) is 4.90 Å². The lowest BCUT2D eigenvalue weighted by molar-refractivity contribution is 0.277. The van der Waals surface area contributed by atoms with Crippen LogP contribution in [0.4, 0.5) is 13.2 Å². The Labute approximate surface area is 127 Å². The first-order valence-electron chi connectivity index (χ1n) is 6.21. The van der Waals surface area contributed by atoms with Crippen molar-refractivity contribution in [2.45, 2.75) is 17.7 Å². The van der Waals surface area contributed by atoms with E-state index in [2.05, 4.69) is 0 Å². The zero-order chi connectivity index (χ0) is 14.9. The third-order valence-electron chi connectivity index (χ3n) is 3.52. The molecule has 0 amide bonds. The van der Waals surface area contributed by atoms with E-state index in [9.17, 15) is 21.6 Å². The van der Waals surface area contributed by atoms with Crippen LogP contribution in [0.5, 0.6) is 0 Å². The Balaban J connectivity index is 0.00000220. The zero-order valence-corrected chi connectivity index (χ0v) is 12.7. The molecule has 21 heavy (non-hydrogen) atoms. The van der Waals surface area contributed by atoms with E-state index in [0.29, 0.717) is 25.5 Å². The van der Waals surface area contributed by atoms with Gasteiger partial charge in [0.05, 0.1) is 0 Å². The molecule has 1 aliphatic rings. The van der Waals surface area contributed by atoms with E-state index < -0.39 is 32.4 Å². The summed E-state index contributed by atoms with van der Waals surface area (Å²) >= 11 is 0. The van der Waals surface area contributed by atoms with Crippen LogP contribution >= 0.6 is 12.4 Å². The molecular formula is C12H16ClF3N2O2S. The summed E-state index contributed by atoms with van der Waals surface area (Å²) in [6.45, 7) is 0.860. The number of rotatable bonds is 3. The minimum atomic E-state index is -4.15. The molecule has 4 nitrogen and oxygen atoms in total. The minimum Gasteiger partial charge on any atom is -0.330 e. The SMILES string of the molecule is Cl.NCC1CCN(S(=O)(=O)c2ccc(F)c(F)c2F)CC1. The maximum atomic E-state index is 13.6. The van der Waals surface area contributed by atoms with Crippen LogP contribution in [0, 0.1) is 23.4 Å². The first kappa shape index (κ1) is 18.2. The lowest BCUT2D eigenvalue weighted by Crippen LogP contribution is -2.40. The third kappa shape index (κ3) is 3.50. The van der Waals surface area contributed by atoms with Crippen LogP contribution in [-0.2, 0) is 10.0 Å². The van der Waals surface area contributed by atoms with E-state index in [4.69, 9.17) is 5.73 Å². The van der Waals surface area contributed by atoms with Crippen molar-refractivity contribution in [2.75, 3.05) is 19.6 Å². The second-order valence-corrected chi connectivity index (χ2v) is 6.66. The van der Waals surface area contributed by atoms with Crippen LogP contribution in [0.1, 0.15) is 12.8 Å². The van der Waals surface area contributed by atoms with Crippen molar-refractivity contribution in [3.05, 3.63) is 29.6 Å². The van der Waals surface area contributed by atoms with Gasteiger partial charge in [0.15, 0.2) is 17.5 Å². The van der Waals surface area contributed by atoms with E-state index in [1.807, 2.05) is 0 Å². The summed E-state index contributed by atoms with van der Waals surface area (Å²) in [6, 6.07) is 1.36. The Bertz CT molecular complexity index is 605. The van der Waals surface area contributed by atoms with E-state index in [0.717, 1.165) is 10.4 Å². The number of halogens is 4. The molecule has 2 rings (SSSR count). The topological polar surface area (TPSA) is 63.4 Å². The van der Waals surface area contributed by atoms with Crippen molar-refractivity contribution in [3.8, 4) is 0 Å². The zero-order valence-electron chi connectivity index (χ0n) is 11.1. The maximum absolute atomic E-state index is 13.6. The summed E-state index contributed by atoms with van der Waals surface area (Å²) in [6.07, 6.45) is 1.14. The quantitative estimate of drug-likeness (QED) is 0.852. The van der Waals surface area contributed by atoms with Crippen molar-refractivity contribution in [1.82, 2.24) is 4.31 Å². The molecule has 1 fully saturated rings. The van der Waals surface area contributed by atoms with Crippen molar-refractivity contribution < 1.29 is 21.6 Å². The summed E-state index contributed by atoms with van der Waals surface area (Å²) in [4.78, 5) is -0.831. The lowest BCUT2D eigenvalue weighted by Gasteiger charge is -2.30. The average molecular weight is 345 g/mol. The van der Waals surface area contributed by atoms with Gasteiger partial charge in [-0.15, -0.1) is 12.4 Å². The first-order valence-corrected chi connectivity index (χ1v) is 7.65. The molecule has 0 atom stereocenters. The molecule has 1 aromatic rings. The van der Waals surface area contributed by atoms with Crippen molar-refractivity contribution >= 4 is 22.4 Å². The molecule has 0 unspecified atom stereocenters. The fourth-order valence-corrected chi connectivity index (χ4v) is 3.76. The normalized spacial score (nSPS) is 17.5. The molecule has 120 valence electrons. The van der Waals surface area contributed by atoms with Crippen molar-refractivity contribution in [2.24, 2.45) is 11.7 Å². The maximum Gasteiger partial charge on any atom is 0.246 e.